The van der Waals surface area contributed by atoms with Crippen LogP contribution in [0.4, 0.5) is 5.13 Å². The summed E-state index contributed by atoms with van der Waals surface area (Å²) < 4.78 is 6.75. The molecule has 27 heavy (non-hydrogen) atoms. The summed E-state index contributed by atoms with van der Waals surface area (Å²) in [6.07, 6.45) is 2.14. The Morgan fingerprint density at radius 3 is 2.56 bits per heavy atom. The molecule has 0 spiro atoms. The van der Waals surface area contributed by atoms with E-state index in [1.807, 2.05) is 42.5 Å². The molecule has 0 unspecified atom stereocenters. The van der Waals surface area contributed by atoms with Gasteiger partial charge in [-0.25, -0.2) is 4.98 Å². The minimum atomic E-state index is -0.145. The first-order valence-corrected chi connectivity index (χ1v) is 10.1. The Labute approximate surface area is 164 Å². The van der Waals surface area contributed by atoms with E-state index >= 15 is 0 Å². The molecule has 0 radical (unpaired) electrons. The zero-order chi connectivity index (χ0) is 19.4. The first-order chi connectivity index (χ1) is 12.9. The molecule has 0 bridgehead atoms. The molecule has 1 N–H and O–H groups in total. The van der Waals surface area contributed by atoms with Gasteiger partial charge in [-0.2, -0.15) is 0 Å². The lowest BCUT2D eigenvalue weighted by Crippen LogP contribution is -2.14. The van der Waals surface area contributed by atoms with Gasteiger partial charge in [-0.05, 0) is 47.7 Å². The molecule has 0 saturated heterocycles. The van der Waals surface area contributed by atoms with Gasteiger partial charge < -0.3 is 4.74 Å². The maximum absolute atomic E-state index is 12.5. The van der Waals surface area contributed by atoms with Gasteiger partial charge in [0.05, 0.1) is 16.8 Å². The van der Waals surface area contributed by atoms with E-state index < -0.39 is 0 Å². The molecule has 1 aromatic heterocycles. The van der Waals surface area contributed by atoms with Crippen molar-refractivity contribution in [1.82, 2.24) is 4.98 Å². The minimum Gasteiger partial charge on any atom is -0.494 e. The van der Waals surface area contributed by atoms with Gasteiger partial charge in [-0.3, -0.25) is 10.1 Å². The molecule has 142 valence electrons. The maximum Gasteiger partial charge on any atom is 0.257 e. The fourth-order valence-corrected chi connectivity index (χ4v) is 3.56. The highest BCUT2D eigenvalue weighted by Crippen LogP contribution is 2.30. The topological polar surface area (TPSA) is 51.2 Å². The third-order valence-corrected chi connectivity index (χ3v) is 5.29. The summed E-state index contributed by atoms with van der Waals surface area (Å²) in [6, 6.07) is 13.6. The van der Waals surface area contributed by atoms with Gasteiger partial charge in [0.2, 0.25) is 0 Å². The normalized spacial score (nSPS) is 11.6. The third-order valence-electron chi connectivity index (χ3n) is 4.36. The van der Waals surface area contributed by atoms with E-state index in [0.717, 1.165) is 35.4 Å². The molecule has 0 fully saturated rings. The summed E-state index contributed by atoms with van der Waals surface area (Å²) in [6.45, 7) is 9.33. The number of carbonyl (C=O) groups excluding carboxylic acids is 1. The second-order valence-corrected chi connectivity index (χ2v) is 8.66. The number of fused-ring (bicyclic) bond motifs is 1. The van der Waals surface area contributed by atoms with E-state index in [2.05, 4.69) is 38.0 Å². The van der Waals surface area contributed by atoms with E-state index in [-0.39, 0.29) is 11.3 Å². The fraction of sp³-hybridized carbons (Fsp3) is 0.364. The Morgan fingerprint density at radius 2 is 1.89 bits per heavy atom. The lowest BCUT2D eigenvalue weighted by Gasteiger charge is -2.18. The zero-order valence-corrected chi connectivity index (χ0v) is 17.2. The molecular weight excluding hydrogens is 356 g/mol. The van der Waals surface area contributed by atoms with Crippen molar-refractivity contribution in [2.24, 2.45) is 0 Å². The second-order valence-electron chi connectivity index (χ2n) is 7.63. The van der Waals surface area contributed by atoms with Crippen molar-refractivity contribution in [2.75, 3.05) is 11.9 Å². The quantitative estimate of drug-likeness (QED) is 0.530. The zero-order valence-electron chi connectivity index (χ0n) is 16.3. The number of amides is 1. The highest BCUT2D eigenvalue weighted by Gasteiger charge is 2.15. The monoisotopic (exact) mass is 382 g/mol. The highest BCUT2D eigenvalue weighted by molar-refractivity contribution is 7.22. The van der Waals surface area contributed by atoms with Gasteiger partial charge in [0.15, 0.2) is 5.13 Å². The molecule has 0 aliphatic carbocycles. The number of rotatable bonds is 6. The standard InChI is InChI=1S/C22H26N2O2S/c1-5-6-13-26-17-11-12-18-19(14-17)27-21(23-18)24-20(25)15-7-9-16(10-8-15)22(2,3)4/h7-12,14H,5-6,13H2,1-4H3,(H,23,24,25). The van der Waals surface area contributed by atoms with Crippen LogP contribution >= 0.6 is 11.3 Å². The molecule has 0 saturated carbocycles. The largest absolute Gasteiger partial charge is 0.494 e. The molecular formula is C22H26N2O2S. The fourth-order valence-electron chi connectivity index (χ4n) is 2.67. The van der Waals surface area contributed by atoms with E-state index in [1.54, 1.807) is 0 Å². The molecule has 5 heteroatoms. The molecule has 1 amide bonds. The first-order valence-electron chi connectivity index (χ1n) is 9.32. The van der Waals surface area contributed by atoms with E-state index in [0.29, 0.717) is 10.7 Å². The molecule has 1 heterocycles. The van der Waals surface area contributed by atoms with Gasteiger partial charge in [0, 0.05) is 5.56 Å². The number of anilines is 1. The van der Waals surface area contributed by atoms with Crippen molar-refractivity contribution in [3.63, 3.8) is 0 Å². The van der Waals surface area contributed by atoms with E-state index in [1.165, 1.54) is 16.9 Å². The number of thiazole rings is 1. The second kappa shape index (κ2) is 8.09. The number of ether oxygens (including phenoxy) is 1. The van der Waals surface area contributed by atoms with Crippen LogP contribution in [0.2, 0.25) is 0 Å². The van der Waals surface area contributed by atoms with Gasteiger partial charge in [-0.1, -0.05) is 57.6 Å². The summed E-state index contributed by atoms with van der Waals surface area (Å²) >= 11 is 1.46. The number of benzene rings is 2. The summed E-state index contributed by atoms with van der Waals surface area (Å²) in [5.74, 6) is 0.698. The lowest BCUT2D eigenvalue weighted by molar-refractivity contribution is 0.102. The summed E-state index contributed by atoms with van der Waals surface area (Å²) in [7, 11) is 0. The highest BCUT2D eigenvalue weighted by atomic mass is 32.1. The van der Waals surface area contributed by atoms with Crippen LogP contribution < -0.4 is 10.1 Å². The van der Waals surface area contributed by atoms with Crippen molar-refractivity contribution in [3.8, 4) is 5.75 Å². The Kier molecular flexibility index (Phi) is 5.80. The minimum absolute atomic E-state index is 0.0684. The number of nitrogens with one attached hydrogen (secondary N) is 1. The van der Waals surface area contributed by atoms with Crippen LogP contribution in [0.1, 0.15) is 56.5 Å². The molecule has 3 aromatic rings. The Balaban J connectivity index is 1.71. The van der Waals surface area contributed by atoms with Crippen LogP contribution in [0.3, 0.4) is 0 Å². The van der Waals surface area contributed by atoms with Crippen LogP contribution in [-0.4, -0.2) is 17.5 Å². The van der Waals surface area contributed by atoms with Crippen LogP contribution in [0.15, 0.2) is 42.5 Å². The third kappa shape index (κ3) is 4.86. The van der Waals surface area contributed by atoms with E-state index in [4.69, 9.17) is 4.74 Å². The van der Waals surface area contributed by atoms with Gasteiger partial charge in [0.25, 0.3) is 5.91 Å². The van der Waals surface area contributed by atoms with Gasteiger partial charge in [0.1, 0.15) is 5.75 Å². The number of nitrogens with zero attached hydrogens (tertiary/aromatic N) is 1. The number of unbranched alkanes of at least 4 members (excludes halogenated alkanes) is 1. The summed E-state index contributed by atoms with van der Waals surface area (Å²) in [5.41, 5.74) is 2.76. The van der Waals surface area contributed by atoms with Crippen LogP contribution in [0, 0.1) is 0 Å². The molecule has 0 atom stereocenters. The van der Waals surface area contributed by atoms with Crippen molar-refractivity contribution in [2.45, 2.75) is 46.0 Å². The molecule has 4 nitrogen and oxygen atoms in total. The van der Waals surface area contributed by atoms with Crippen molar-refractivity contribution < 1.29 is 9.53 Å². The van der Waals surface area contributed by atoms with Crippen molar-refractivity contribution in [3.05, 3.63) is 53.6 Å². The van der Waals surface area contributed by atoms with Crippen LogP contribution in [-0.2, 0) is 5.41 Å². The average molecular weight is 383 g/mol. The Hall–Kier alpha value is -2.40. The Bertz CT molecular complexity index is 924. The predicted molar refractivity (Wildman–Crippen MR) is 113 cm³/mol. The SMILES string of the molecule is CCCCOc1ccc2nc(NC(=O)c3ccc(C(C)(C)C)cc3)sc2c1. The average Bonchev–Trinajstić information content (AvgIpc) is 3.03. The van der Waals surface area contributed by atoms with Gasteiger partial charge in [-0.15, -0.1) is 0 Å². The smallest absolute Gasteiger partial charge is 0.257 e. The molecule has 0 aliphatic rings. The molecule has 3 rings (SSSR count). The van der Waals surface area contributed by atoms with Gasteiger partial charge >= 0.3 is 0 Å². The van der Waals surface area contributed by atoms with Crippen LogP contribution in [0.25, 0.3) is 10.2 Å². The number of aromatic nitrogens is 1. The van der Waals surface area contributed by atoms with E-state index in [9.17, 15) is 4.79 Å². The van der Waals surface area contributed by atoms with Crippen molar-refractivity contribution >= 4 is 32.6 Å². The first kappa shape index (κ1) is 19.4. The summed E-state index contributed by atoms with van der Waals surface area (Å²) in [5, 5.41) is 3.50. The molecule has 2 aromatic carbocycles. The number of carbonyl (C=O) groups is 1. The predicted octanol–water partition coefficient (Wildman–Crippen LogP) is 6.03. The number of hydrogen-bond acceptors (Lipinski definition) is 4. The maximum atomic E-state index is 12.5. The number of hydrogen-bond donors (Lipinski definition) is 1. The lowest BCUT2D eigenvalue weighted by atomic mass is 9.87. The van der Waals surface area contributed by atoms with Crippen molar-refractivity contribution in [1.29, 1.82) is 0 Å². The Morgan fingerprint density at radius 1 is 1.15 bits per heavy atom. The van der Waals surface area contributed by atoms with Crippen LogP contribution in [0.5, 0.6) is 5.75 Å². The summed E-state index contributed by atoms with van der Waals surface area (Å²) in [4.78, 5) is 17.0. The molecule has 0 aliphatic heterocycles.